The lowest BCUT2D eigenvalue weighted by molar-refractivity contribution is 0.277. The first-order valence-corrected chi connectivity index (χ1v) is 14.3. The number of rotatable bonds is 11. The number of pyridine rings is 1. The van der Waals surface area contributed by atoms with Crippen molar-refractivity contribution in [1.29, 1.82) is 10.7 Å². The highest BCUT2D eigenvalue weighted by Crippen LogP contribution is 2.30. The molecular weight excluding hydrogens is 503 g/mol. The maximum atomic E-state index is 14.8. The summed E-state index contributed by atoms with van der Waals surface area (Å²) in [7, 11) is -0.448. The molecule has 2 aromatic rings. The van der Waals surface area contributed by atoms with Crippen LogP contribution in [0.2, 0.25) is 0 Å². The van der Waals surface area contributed by atoms with E-state index in [0.29, 0.717) is 23.4 Å². The zero-order chi connectivity index (χ0) is 29.1. The van der Waals surface area contributed by atoms with Crippen LogP contribution < -0.4 is 5.32 Å². The fourth-order valence-electron chi connectivity index (χ4n) is 3.81. The number of nitrogens with one attached hydrogen (secondary N) is 2. The molecule has 0 bridgehead atoms. The van der Waals surface area contributed by atoms with E-state index >= 15 is 0 Å². The van der Waals surface area contributed by atoms with Gasteiger partial charge in [-0.2, -0.15) is 5.26 Å². The summed E-state index contributed by atoms with van der Waals surface area (Å²) in [5, 5.41) is 20.5. The summed E-state index contributed by atoms with van der Waals surface area (Å²) < 4.78 is 43.9. The van der Waals surface area contributed by atoms with Crippen molar-refractivity contribution in [2.45, 2.75) is 71.5 Å². The second kappa shape index (κ2) is 14.7. The lowest BCUT2D eigenvalue weighted by Gasteiger charge is -2.27. The topological polar surface area (TPSA) is 116 Å². The van der Waals surface area contributed by atoms with Crippen molar-refractivity contribution in [3.05, 3.63) is 64.7 Å². The summed E-state index contributed by atoms with van der Waals surface area (Å²) in [6.45, 7) is 10.5. The highest BCUT2D eigenvalue weighted by atomic mass is 32.2. The van der Waals surface area contributed by atoms with Crippen molar-refractivity contribution >= 4 is 26.9 Å². The predicted octanol–water partition coefficient (Wildman–Crippen LogP) is 6.64. The van der Waals surface area contributed by atoms with Crippen LogP contribution in [0.5, 0.6) is 0 Å². The molecule has 0 saturated carbocycles. The lowest BCUT2D eigenvalue weighted by Crippen LogP contribution is -2.42. The Balaban J connectivity index is 0.00000229. The van der Waals surface area contributed by atoms with E-state index in [1.54, 1.807) is 46.3 Å². The summed E-state index contributed by atoms with van der Waals surface area (Å²) in [6, 6.07) is 8.42. The average Bonchev–Trinajstić information content (AvgIpc) is 2.86. The minimum atomic E-state index is -3.70. The van der Waals surface area contributed by atoms with E-state index in [-0.39, 0.29) is 17.0 Å². The maximum absolute atomic E-state index is 14.8. The van der Waals surface area contributed by atoms with Gasteiger partial charge in [-0.15, -0.1) is 0 Å². The highest BCUT2D eigenvalue weighted by molar-refractivity contribution is 7.93. The minimum absolute atomic E-state index is 0.136. The quantitative estimate of drug-likeness (QED) is 0.306. The van der Waals surface area contributed by atoms with Crippen LogP contribution in [0.25, 0.3) is 5.70 Å². The van der Waals surface area contributed by atoms with Crippen LogP contribution in [0.3, 0.4) is 0 Å². The second-order valence-corrected chi connectivity index (χ2v) is 12.3. The molecule has 0 aliphatic carbocycles. The van der Waals surface area contributed by atoms with Crippen molar-refractivity contribution < 1.29 is 17.5 Å². The lowest BCUT2D eigenvalue weighted by atomic mass is 10.0. The third-order valence-corrected chi connectivity index (χ3v) is 8.97. The number of hydrogen-bond donors (Lipinski definition) is 2. The highest BCUT2D eigenvalue weighted by Gasteiger charge is 2.38. The molecule has 0 spiro atoms. The summed E-state index contributed by atoms with van der Waals surface area (Å²) in [6.07, 6.45) is 5.58. The first-order chi connectivity index (χ1) is 17.8. The van der Waals surface area contributed by atoms with Crippen LogP contribution in [-0.2, 0) is 14.6 Å². The minimum Gasteiger partial charge on any atom is -0.388 e. The van der Waals surface area contributed by atoms with Crippen LogP contribution in [-0.4, -0.2) is 43.8 Å². The van der Waals surface area contributed by atoms with E-state index in [4.69, 9.17) is 10.7 Å². The number of nitrogens with zero attached hydrogens (tertiary/aromatic N) is 2. The summed E-state index contributed by atoms with van der Waals surface area (Å²) in [5.74, 6) is -1.35. The number of allylic oxidation sites excluding steroid dienone is 1. The maximum Gasteiger partial charge on any atom is 0.161 e. The summed E-state index contributed by atoms with van der Waals surface area (Å²) in [4.78, 5) is 4.45. The Labute approximate surface area is 227 Å². The van der Waals surface area contributed by atoms with Gasteiger partial charge < -0.3 is 15.5 Å². The molecule has 0 fully saturated rings. The molecule has 38 heavy (non-hydrogen) atoms. The number of hydrogen-bond acceptors (Lipinski definition) is 7. The van der Waals surface area contributed by atoms with Crippen molar-refractivity contribution in [2.24, 2.45) is 0 Å². The van der Waals surface area contributed by atoms with Gasteiger partial charge in [-0.05, 0) is 74.9 Å². The molecule has 9 heteroatoms. The fraction of sp³-hybridized carbons (Fsp3) is 0.483. The van der Waals surface area contributed by atoms with E-state index in [0.717, 1.165) is 24.1 Å². The SMILES string of the molecule is CCC/C=C(/Nc1ccc(F)c(C(C)CS(=O)(=O)C(C)(C)C(=N)CC)c1)c1ncc(C#N)cc1C.COC. The zero-order valence-electron chi connectivity index (χ0n) is 23.8. The first kappa shape index (κ1) is 32.9. The van der Waals surface area contributed by atoms with E-state index in [9.17, 15) is 12.8 Å². The normalized spacial score (nSPS) is 12.7. The smallest absolute Gasteiger partial charge is 0.161 e. The van der Waals surface area contributed by atoms with Crippen molar-refractivity contribution in [3.8, 4) is 6.07 Å². The predicted molar refractivity (Wildman–Crippen MR) is 154 cm³/mol. The molecule has 2 N–H and O–H groups in total. The molecule has 0 radical (unpaired) electrons. The van der Waals surface area contributed by atoms with Gasteiger partial charge in [0.15, 0.2) is 9.84 Å². The van der Waals surface area contributed by atoms with Gasteiger partial charge in [-0.25, -0.2) is 12.8 Å². The number of aromatic nitrogens is 1. The standard InChI is InChI=1S/C27H35FN4O2S.C2H6O/c1-7-9-10-24(26-18(3)13-20(15-29)16-31-26)32-21-11-12-23(28)22(14-21)19(4)17-35(33,34)27(5,6)25(30)8-2;1-3-2/h10-14,16,19,30,32H,7-9,17H2,1-6H3;1-2H3/b24-10+,30-25?;. The monoisotopic (exact) mass is 544 g/mol. The number of benzene rings is 1. The molecule has 208 valence electrons. The Morgan fingerprint density at radius 2 is 1.92 bits per heavy atom. The van der Waals surface area contributed by atoms with Gasteiger partial charge >= 0.3 is 0 Å². The molecule has 1 unspecified atom stereocenters. The first-order valence-electron chi connectivity index (χ1n) is 12.6. The van der Waals surface area contributed by atoms with Gasteiger partial charge in [0.2, 0.25) is 0 Å². The molecule has 1 aromatic carbocycles. The van der Waals surface area contributed by atoms with E-state index in [1.807, 2.05) is 13.0 Å². The molecule has 1 atom stereocenters. The Kier molecular flexibility index (Phi) is 12.8. The van der Waals surface area contributed by atoms with Gasteiger partial charge in [-0.3, -0.25) is 4.98 Å². The number of nitriles is 1. The fourth-order valence-corrected chi connectivity index (χ4v) is 5.58. The number of aryl methyl sites for hydroxylation is 1. The van der Waals surface area contributed by atoms with Gasteiger partial charge in [0, 0.05) is 31.8 Å². The number of unbranched alkanes of at least 4 members (excludes halogenated alkanes) is 1. The average molecular weight is 545 g/mol. The molecular formula is C29H41FN4O3S. The number of ether oxygens (including phenoxy) is 1. The molecule has 0 aliphatic heterocycles. The molecule has 7 nitrogen and oxygen atoms in total. The number of anilines is 1. The molecule has 0 aliphatic rings. The van der Waals surface area contributed by atoms with Crippen LogP contribution in [0.15, 0.2) is 36.5 Å². The number of sulfone groups is 1. The molecule has 1 heterocycles. The second-order valence-electron chi connectivity index (χ2n) is 9.70. The van der Waals surface area contributed by atoms with Gasteiger partial charge in [0.25, 0.3) is 0 Å². The Morgan fingerprint density at radius 3 is 2.45 bits per heavy atom. The van der Waals surface area contributed by atoms with Crippen molar-refractivity contribution in [2.75, 3.05) is 25.3 Å². The summed E-state index contributed by atoms with van der Waals surface area (Å²) in [5.41, 5.74) is 3.77. The van der Waals surface area contributed by atoms with Gasteiger partial charge in [0.1, 0.15) is 16.6 Å². The molecule has 1 aromatic heterocycles. The molecule has 0 saturated heterocycles. The van der Waals surface area contributed by atoms with E-state index < -0.39 is 26.3 Å². The van der Waals surface area contributed by atoms with Crippen LogP contribution in [0.4, 0.5) is 10.1 Å². The molecule has 2 rings (SSSR count). The third kappa shape index (κ3) is 8.47. The van der Waals surface area contributed by atoms with Crippen molar-refractivity contribution in [1.82, 2.24) is 4.98 Å². The van der Waals surface area contributed by atoms with E-state index in [2.05, 4.69) is 28.0 Å². The molecule has 0 amide bonds. The van der Waals surface area contributed by atoms with Crippen LogP contribution >= 0.6 is 0 Å². The van der Waals surface area contributed by atoms with E-state index in [1.165, 1.54) is 26.1 Å². The largest absolute Gasteiger partial charge is 0.388 e. The Morgan fingerprint density at radius 1 is 1.29 bits per heavy atom. The van der Waals surface area contributed by atoms with Crippen LogP contribution in [0.1, 0.15) is 82.2 Å². The zero-order valence-corrected chi connectivity index (χ0v) is 24.6. The van der Waals surface area contributed by atoms with Gasteiger partial charge in [-0.1, -0.05) is 33.3 Å². The van der Waals surface area contributed by atoms with Crippen LogP contribution in [0, 0.1) is 29.5 Å². The van der Waals surface area contributed by atoms with Gasteiger partial charge in [0.05, 0.1) is 22.7 Å². The summed E-state index contributed by atoms with van der Waals surface area (Å²) >= 11 is 0. The third-order valence-electron chi connectivity index (χ3n) is 6.23. The number of halogens is 1. The Hall–Kier alpha value is -3.09. The number of methoxy groups -OCH3 is 1. The Bertz CT molecular complexity index is 1280. The van der Waals surface area contributed by atoms with Crippen molar-refractivity contribution in [3.63, 3.8) is 0 Å².